The first kappa shape index (κ1) is 25.0. The molecule has 0 amide bonds. The molecule has 1 N–H and O–H groups in total. The van der Waals surface area contributed by atoms with E-state index in [1.807, 2.05) is 73.1 Å². The number of hydrogen-bond donors (Lipinski definition) is 1. The van der Waals surface area contributed by atoms with E-state index in [9.17, 15) is 5.11 Å². The standard InChI is InChI=1S/C27H37N3O3/c1-6-21(4)29(17-24(31)19-32-7-2)18-26-22(5)28-30(23-11-9-8-10-12-23)27(26)33-25-15-13-20(3)14-16-25/h8-16,21,24,31H,6-7,17-19H2,1-5H3/t21-,24-/m1/s1. The molecule has 0 unspecified atom stereocenters. The SMILES string of the molecule is CCOC[C@H](O)CN(Cc1c(C)nn(-c2ccccc2)c1Oc1ccc(C)cc1)[C@H](C)CC. The molecule has 3 aromatic rings. The summed E-state index contributed by atoms with van der Waals surface area (Å²) >= 11 is 0. The highest BCUT2D eigenvalue weighted by Gasteiger charge is 2.24. The lowest BCUT2D eigenvalue weighted by Crippen LogP contribution is -2.40. The molecule has 6 heteroatoms. The number of para-hydroxylation sites is 1. The smallest absolute Gasteiger partial charge is 0.227 e. The highest BCUT2D eigenvalue weighted by Crippen LogP contribution is 2.32. The number of nitrogens with zero attached hydrogens (tertiary/aromatic N) is 3. The maximum Gasteiger partial charge on any atom is 0.227 e. The molecule has 0 fully saturated rings. The van der Waals surface area contributed by atoms with Crippen LogP contribution >= 0.6 is 0 Å². The van der Waals surface area contributed by atoms with Crippen LogP contribution in [0.5, 0.6) is 11.6 Å². The van der Waals surface area contributed by atoms with Crippen molar-refractivity contribution >= 4 is 0 Å². The monoisotopic (exact) mass is 451 g/mol. The summed E-state index contributed by atoms with van der Waals surface area (Å²) in [6.45, 7) is 12.4. The van der Waals surface area contributed by atoms with Gasteiger partial charge in [0.25, 0.3) is 0 Å². The zero-order valence-corrected chi connectivity index (χ0v) is 20.5. The third-order valence-corrected chi connectivity index (χ3v) is 5.91. The molecular weight excluding hydrogens is 414 g/mol. The molecule has 6 nitrogen and oxygen atoms in total. The Hall–Kier alpha value is -2.67. The molecule has 0 saturated carbocycles. The van der Waals surface area contributed by atoms with Crippen molar-refractivity contribution in [3.63, 3.8) is 0 Å². The van der Waals surface area contributed by atoms with Gasteiger partial charge in [-0.1, -0.05) is 42.8 Å². The van der Waals surface area contributed by atoms with Crippen LogP contribution in [0.2, 0.25) is 0 Å². The number of rotatable bonds is 12. The third-order valence-electron chi connectivity index (χ3n) is 5.91. The fourth-order valence-electron chi connectivity index (χ4n) is 3.73. The molecule has 1 aromatic heterocycles. The maximum atomic E-state index is 10.5. The molecule has 0 aliphatic heterocycles. The van der Waals surface area contributed by atoms with Gasteiger partial charge in [0.2, 0.25) is 5.88 Å². The molecule has 0 aliphatic rings. The molecular formula is C27H37N3O3. The van der Waals surface area contributed by atoms with Gasteiger partial charge in [-0.3, -0.25) is 4.90 Å². The zero-order valence-electron chi connectivity index (χ0n) is 20.5. The van der Waals surface area contributed by atoms with Gasteiger partial charge >= 0.3 is 0 Å². The molecule has 2 aromatic carbocycles. The number of hydrogen-bond acceptors (Lipinski definition) is 5. The Morgan fingerprint density at radius 2 is 1.73 bits per heavy atom. The van der Waals surface area contributed by atoms with E-state index < -0.39 is 6.10 Å². The molecule has 0 spiro atoms. The van der Waals surface area contributed by atoms with Crippen molar-refractivity contribution in [2.75, 3.05) is 19.8 Å². The van der Waals surface area contributed by atoms with Crippen LogP contribution in [0, 0.1) is 13.8 Å². The first-order valence-electron chi connectivity index (χ1n) is 11.8. The third kappa shape index (κ3) is 6.67. The van der Waals surface area contributed by atoms with E-state index >= 15 is 0 Å². The highest BCUT2D eigenvalue weighted by molar-refractivity contribution is 5.43. The molecule has 0 radical (unpaired) electrons. The molecule has 2 atom stereocenters. The predicted octanol–water partition coefficient (Wildman–Crippen LogP) is 5.28. The van der Waals surface area contributed by atoms with Crippen molar-refractivity contribution in [1.82, 2.24) is 14.7 Å². The van der Waals surface area contributed by atoms with Crippen molar-refractivity contribution in [3.8, 4) is 17.3 Å². The van der Waals surface area contributed by atoms with Crippen LogP contribution in [-0.4, -0.2) is 51.7 Å². The van der Waals surface area contributed by atoms with Crippen LogP contribution in [-0.2, 0) is 11.3 Å². The normalized spacial score (nSPS) is 13.3. The van der Waals surface area contributed by atoms with Crippen LogP contribution in [0.15, 0.2) is 54.6 Å². The lowest BCUT2D eigenvalue weighted by atomic mass is 10.1. The summed E-state index contributed by atoms with van der Waals surface area (Å²) in [7, 11) is 0. The van der Waals surface area contributed by atoms with E-state index in [0.717, 1.165) is 29.1 Å². The Labute approximate surface area is 197 Å². The van der Waals surface area contributed by atoms with Crippen LogP contribution in [0.1, 0.15) is 44.0 Å². The van der Waals surface area contributed by atoms with E-state index in [0.29, 0.717) is 32.2 Å². The van der Waals surface area contributed by atoms with E-state index in [1.54, 1.807) is 0 Å². The summed E-state index contributed by atoms with van der Waals surface area (Å²) in [6.07, 6.45) is 0.423. The molecule has 33 heavy (non-hydrogen) atoms. The Balaban J connectivity index is 1.97. The largest absolute Gasteiger partial charge is 0.439 e. The summed E-state index contributed by atoms with van der Waals surface area (Å²) in [5.41, 5.74) is 4.05. The van der Waals surface area contributed by atoms with E-state index in [-0.39, 0.29) is 6.04 Å². The van der Waals surface area contributed by atoms with Gasteiger partial charge in [0.05, 0.1) is 29.7 Å². The lowest BCUT2D eigenvalue weighted by Gasteiger charge is -2.30. The number of aromatic nitrogens is 2. The highest BCUT2D eigenvalue weighted by atomic mass is 16.5. The van der Waals surface area contributed by atoms with E-state index in [1.165, 1.54) is 5.56 Å². The van der Waals surface area contributed by atoms with Crippen LogP contribution in [0.4, 0.5) is 0 Å². The van der Waals surface area contributed by atoms with Gasteiger partial charge in [-0.05, 0) is 58.4 Å². The molecule has 178 valence electrons. The minimum atomic E-state index is -0.551. The van der Waals surface area contributed by atoms with Crippen LogP contribution in [0.25, 0.3) is 5.69 Å². The zero-order chi connectivity index (χ0) is 23.8. The fraction of sp³-hybridized carbons (Fsp3) is 0.444. The predicted molar refractivity (Wildman–Crippen MR) is 132 cm³/mol. The second-order valence-electron chi connectivity index (χ2n) is 8.53. The summed E-state index contributed by atoms with van der Waals surface area (Å²) in [6, 6.07) is 18.4. The second-order valence-corrected chi connectivity index (χ2v) is 8.53. The number of aliphatic hydroxyl groups excluding tert-OH is 1. The molecule has 0 aliphatic carbocycles. The number of aliphatic hydroxyl groups is 1. The van der Waals surface area contributed by atoms with Gasteiger partial charge in [-0.2, -0.15) is 5.10 Å². The van der Waals surface area contributed by atoms with Gasteiger partial charge < -0.3 is 14.6 Å². The first-order chi connectivity index (χ1) is 15.9. The minimum absolute atomic E-state index is 0.285. The Morgan fingerprint density at radius 1 is 1.03 bits per heavy atom. The van der Waals surface area contributed by atoms with Crippen molar-refractivity contribution in [2.24, 2.45) is 0 Å². The first-order valence-corrected chi connectivity index (χ1v) is 11.8. The summed E-state index contributed by atoms with van der Waals surface area (Å²) in [5, 5.41) is 15.4. The van der Waals surface area contributed by atoms with E-state index in [2.05, 4.69) is 25.7 Å². The Bertz CT molecular complexity index is 986. The van der Waals surface area contributed by atoms with Crippen molar-refractivity contribution in [2.45, 2.75) is 59.7 Å². The lowest BCUT2D eigenvalue weighted by molar-refractivity contribution is 0.0111. The quantitative estimate of drug-likeness (QED) is 0.406. The number of aryl methyl sites for hydroxylation is 2. The molecule has 3 rings (SSSR count). The van der Waals surface area contributed by atoms with Gasteiger partial charge in [-0.15, -0.1) is 0 Å². The van der Waals surface area contributed by atoms with Crippen LogP contribution < -0.4 is 4.74 Å². The van der Waals surface area contributed by atoms with E-state index in [4.69, 9.17) is 14.6 Å². The second kappa shape index (κ2) is 12.0. The van der Waals surface area contributed by atoms with Crippen molar-refractivity contribution < 1.29 is 14.6 Å². The van der Waals surface area contributed by atoms with Gasteiger partial charge in [0, 0.05) is 25.7 Å². The maximum absolute atomic E-state index is 10.5. The minimum Gasteiger partial charge on any atom is -0.439 e. The summed E-state index contributed by atoms with van der Waals surface area (Å²) in [4.78, 5) is 2.28. The molecule has 0 saturated heterocycles. The van der Waals surface area contributed by atoms with Gasteiger partial charge in [-0.25, -0.2) is 4.68 Å². The average molecular weight is 452 g/mol. The fourth-order valence-corrected chi connectivity index (χ4v) is 3.73. The number of ether oxygens (including phenoxy) is 2. The topological polar surface area (TPSA) is 59.8 Å². The van der Waals surface area contributed by atoms with Crippen molar-refractivity contribution in [3.05, 3.63) is 71.4 Å². The molecule has 1 heterocycles. The Morgan fingerprint density at radius 3 is 2.36 bits per heavy atom. The van der Waals surface area contributed by atoms with Crippen LogP contribution in [0.3, 0.4) is 0 Å². The summed E-state index contributed by atoms with van der Waals surface area (Å²) < 4.78 is 13.8. The number of benzene rings is 2. The Kier molecular flexibility index (Phi) is 9.06. The molecule has 0 bridgehead atoms. The van der Waals surface area contributed by atoms with Gasteiger partial charge in [0.15, 0.2) is 0 Å². The van der Waals surface area contributed by atoms with Gasteiger partial charge in [0.1, 0.15) is 5.75 Å². The average Bonchev–Trinajstić information content (AvgIpc) is 3.13. The summed E-state index contributed by atoms with van der Waals surface area (Å²) in [5.74, 6) is 1.47. The van der Waals surface area contributed by atoms with Crippen molar-refractivity contribution in [1.29, 1.82) is 0 Å².